The smallest absolute Gasteiger partial charge is 0.246 e. The summed E-state index contributed by atoms with van der Waals surface area (Å²) < 4.78 is 17.5. The lowest BCUT2D eigenvalue weighted by Crippen LogP contribution is -2.53. The van der Waals surface area contributed by atoms with E-state index in [1.165, 1.54) is 4.80 Å². The largest absolute Gasteiger partial charge is 0.489 e. The molecule has 3 aromatic rings. The van der Waals surface area contributed by atoms with Crippen molar-refractivity contribution in [3.63, 3.8) is 0 Å². The summed E-state index contributed by atoms with van der Waals surface area (Å²) in [6.07, 6.45) is 5.04. The van der Waals surface area contributed by atoms with E-state index in [4.69, 9.17) is 16.3 Å². The van der Waals surface area contributed by atoms with E-state index >= 15 is 0 Å². The van der Waals surface area contributed by atoms with Gasteiger partial charge in [-0.05, 0) is 60.5 Å². The first kappa shape index (κ1) is 25.7. The SMILES string of the molecule is Cc1nnn(Cc2cc(Cl)ccc2/C=C/C(=O)N2CCN(Cc3ccc(OCCF)cn3)CC2C)n1. The number of alkyl halides is 1. The number of aryl methyl sites for hydroxylation is 1. The molecule has 1 atom stereocenters. The number of nitrogens with zero attached hydrogens (tertiary/aromatic N) is 7. The predicted octanol–water partition coefficient (Wildman–Crippen LogP) is 3.17. The highest BCUT2D eigenvalue weighted by Gasteiger charge is 2.26. The van der Waals surface area contributed by atoms with Crippen molar-refractivity contribution in [2.24, 2.45) is 0 Å². The summed E-state index contributed by atoms with van der Waals surface area (Å²) in [5.74, 6) is 1.11. The van der Waals surface area contributed by atoms with E-state index in [0.717, 1.165) is 29.9 Å². The van der Waals surface area contributed by atoms with Crippen LogP contribution in [0.15, 0.2) is 42.6 Å². The summed E-state index contributed by atoms with van der Waals surface area (Å²) in [6.45, 7) is 6.51. The lowest BCUT2D eigenvalue weighted by Gasteiger charge is -2.39. The number of piperazine rings is 1. The standard InChI is InChI=1S/C25H29ClFN7O2/c1-18-15-32(17-23-6-7-24(14-28-23)36-12-9-27)10-11-33(18)25(35)8-4-20-3-5-22(26)13-21(20)16-34-30-19(2)29-31-34/h3-8,13-14,18H,9-12,15-17H2,1-2H3/b8-4+. The number of ether oxygens (including phenoxy) is 1. The van der Waals surface area contributed by atoms with Crippen LogP contribution in [0, 0.1) is 6.92 Å². The second-order valence-electron chi connectivity index (χ2n) is 8.68. The Bertz CT molecular complexity index is 1200. The van der Waals surface area contributed by atoms with Crippen LogP contribution in [-0.2, 0) is 17.9 Å². The van der Waals surface area contributed by atoms with E-state index in [9.17, 15) is 9.18 Å². The third kappa shape index (κ3) is 6.86. The van der Waals surface area contributed by atoms with Crippen molar-refractivity contribution in [2.75, 3.05) is 32.9 Å². The van der Waals surface area contributed by atoms with Gasteiger partial charge in [0.15, 0.2) is 5.82 Å². The van der Waals surface area contributed by atoms with Gasteiger partial charge in [-0.15, -0.1) is 10.2 Å². The number of carbonyl (C=O) groups excluding carboxylic acids is 1. The number of hydrogen-bond donors (Lipinski definition) is 0. The third-order valence-electron chi connectivity index (χ3n) is 5.90. The van der Waals surface area contributed by atoms with E-state index in [-0.39, 0.29) is 18.6 Å². The van der Waals surface area contributed by atoms with E-state index in [2.05, 4.69) is 25.3 Å². The highest BCUT2D eigenvalue weighted by Crippen LogP contribution is 2.20. The summed E-state index contributed by atoms with van der Waals surface area (Å²) >= 11 is 6.20. The van der Waals surface area contributed by atoms with E-state index in [1.54, 1.807) is 31.3 Å². The zero-order chi connectivity index (χ0) is 25.5. The van der Waals surface area contributed by atoms with Crippen LogP contribution in [0.3, 0.4) is 0 Å². The van der Waals surface area contributed by atoms with Crippen molar-refractivity contribution in [2.45, 2.75) is 33.0 Å². The molecule has 36 heavy (non-hydrogen) atoms. The molecule has 3 heterocycles. The van der Waals surface area contributed by atoms with Crippen LogP contribution in [0.1, 0.15) is 29.6 Å². The van der Waals surface area contributed by atoms with E-state index in [0.29, 0.717) is 36.2 Å². The molecule has 11 heteroatoms. The van der Waals surface area contributed by atoms with Gasteiger partial charge >= 0.3 is 0 Å². The Labute approximate surface area is 214 Å². The molecule has 1 amide bonds. The molecule has 0 bridgehead atoms. The molecule has 1 aliphatic heterocycles. The number of pyridine rings is 1. The number of benzene rings is 1. The molecule has 9 nitrogen and oxygen atoms in total. The molecule has 1 fully saturated rings. The topological polar surface area (TPSA) is 89.3 Å². The molecule has 1 aliphatic rings. The minimum atomic E-state index is -0.529. The normalized spacial score (nSPS) is 16.6. The summed E-state index contributed by atoms with van der Waals surface area (Å²) in [5, 5.41) is 12.8. The van der Waals surface area contributed by atoms with Crippen LogP contribution in [0.25, 0.3) is 6.08 Å². The van der Waals surface area contributed by atoms with Gasteiger partial charge in [-0.3, -0.25) is 14.7 Å². The number of amides is 1. The molecular weight excluding hydrogens is 485 g/mol. The molecular formula is C25H29ClFN7O2. The molecule has 0 saturated carbocycles. The zero-order valence-electron chi connectivity index (χ0n) is 20.3. The van der Waals surface area contributed by atoms with Crippen LogP contribution >= 0.6 is 11.6 Å². The Morgan fingerprint density at radius 1 is 1.25 bits per heavy atom. The van der Waals surface area contributed by atoms with Crippen LogP contribution in [0.2, 0.25) is 5.02 Å². The Hall–Kier alpha value is -3.37. The summed E-state index contributed by atoms with van der Waals surface area (Å²) in [4.78, 5) is 23.1. The first-order chi connectivity index (χ1) is 17.4. The van der Waals surface area contributed by atoms with E-state index in [1.807, 2.05) is 36.1 Å². The first-order valence-electron chi connectivity index (χ1n) is 11.8. The second kappa shape index (κ2) is 12.0. The fourth-order valence-corrected chi connectivity index (χ4v) is 4.35. The van der Waals surface area contributed by atoms with Gasteiger partial charge in [0, 0.05) is 43.3 Å². The molecule has 0 radical (unpaired) electrons. The highest BCUT2D eigenvalue weighted by atomic mass is 35.5. The van der Waals surface area contributed by atoms with Crippen molar-refractivity contribution in [3.8, 4) is 5.75 Å². The maximum Gasteiger partial charge on any atom is 0.246 e. The van der Waals surface area contributed by atoms with Crippen molar-refractivity contribution in [1.29, 1.82) is 0 Å². The Balaban J connectivity index is 1.34. The average Bonchev–Trinajstić information content (AvgIpc) is 3.27. The molecule has 0 aliphatic carbocycles. The number of halogens is 2. The fraction of sp³-hybridized carbons (Fsp3) is 0.400. The van der Waals surface area contributed by atoms with Gasteiger partial charge in [0.1, 0.15) is 19.0 Å². The minimum Gasteiger partial charge on any atom is -0.489 e. The summed E-state index contributed by atoms with van der Waals surface area (Å²) in [5.41, 5.74) is 2.68. The minimum absolute atomic E-state index is 0.0288. The van der Waals surface area contributed by atoms with Crippen LogP contribution in [0.5, 0.6) is 5.75 Å². The molecule has 190 valence electrons. The van der Waals surface area contributed by atoms with Crippen molar-refractivity contribution < 1.29 is 13.9 Å². The van der Waals surface area contributed by atoms with Crippen LogP contribution in [0.4, 0.5) is 4.39 Å². The van der Waals surface area contributed by atoms with Gasteiger partial charge in [0.05, 0.1) is 18.4 Å². The number of carbonyl (C=O) groups is 1. The van der Waals surface area contributed by atoms with Crippen molar-refractivity contribution >= 4 is 23.6 Å². The maximum absolute atomic E-state index is 13.0. The number of aromatic nitrogens is 5. The number of hydrogen-bond acceptors (Lipinski definition) is 7. The molecule has 0 spiro atoms. The van der Waals surface area contributed by atoms with Crippen LogP contribution < -0.4 is 4.74 Å². The van der Waals surface area contributed by atoms with Gasteiger partial charge < -0.3 is 9.64 Å². The molecule has 1 unspecified atom stereocenters. The fourth-order valence-electron chi connectivity index (χ4n) is 4.15. The Kier molecular flexibility index (Phi) is 8.61. The lowest BCUT2D eigenvalue weighted by atomic mass is 10.1. The van der Waals surface area contributed by atoms with Gasteiger partial charge in [0.25, 0.3) is 0 Å². The second-order valence-corrected chi connectivity index (χ2v) is 9.12. The summed E-state index contributed by atoms with van der Waals surface area (Å²) in [7, 11) is 0. The van der Waals surface area contributed by atoms with E-state index < -0.39 is 6.67 Å². The molecule has 1 saturated heterocycles. The predicted molar refractivity (Wildman–Crippen MR) is 134 cm³/mol. The van der Waals surface area contributed by atoms with Crippen molar-refractivity contribution in [1.82, 2.24) is 35.0 Å². The zero-order valence-corrected chi connectivity index (χ0v) is 21.1. The maximum atomic E-state index is 13.0. The molecule has 0 N–H and O–H groups in total. The third-order valence-corrected chi connectivity index (χ3v) is 6.13. The molecule has 4 rings (SSSR count). The number of tetrazole rings is 1. The molecule has 1 aromatic carbocycles. The van der Waals surface area contributed by atoms with Gasteiger partial charge in [-0.25, -0.2) is 4.39 Å². The summed E-state index contributed by atoms with van der Waals surface area (Å²) in [6, 6.07) is 9.27. The first-order valence-corrected chi connectivity index (χ1v) is 12.2. The monoisotopic (exact) mass is 513 g/mol. The van der Waals surface area contributed by atoms with Gasteiger partial charge in [-0.1, -0.05) is 17.7 Å². The molecule has 2 aromatic heterocycles. The Morgan fingerprint density at radius 3 is 2.81 bits per heavy atom. The van der Waals surface area contributed by atoms with Gasteiger partial charge in [-0.2, -0.15) is 4.80 Å². The highest BCUT2D eigenvalue weighted by molar-refractivity contribution is 6.30. The quantitative estimate of drug-likeness (QED) is 0.406. The number of rotatable bonds is 9. The van der Waals surface area contributed by atoms with Crippen LogP contribution in [-0.4, -0.2) is 79.9 Å². The average molecular weight is 514 g/mol. The Morgan fingerprint density at radius 2 is 2.11 bits per heavy atom. The van der Waals surface area contributed by atoms with Crippen molar-refractivity contribution in [3.05, 3.63) is 70.3 Å². The lowest BCUT2D eigenvalue weighted by molar-refractivity contribution is -0.130. The van der Waals surface area contributed by atoms with Gasteiger partial charge in [0.2, 0.25) is 5.91 Å².